The number of benzene rings is 1. The highest BCUT2D eigenvalue weighted by atomic mass is 35.5. The van der Waals surface area contributed by atoms with Crippen LogP contribution in [-0.4, -0.2) is 19.6 Å². The Hall–Kier alpha value is -1.35. The van der Waals surface area contributed by atoms with E-state index in [4.69, 9.17) is 10.5 Å². The smallest absolute Gasteiger partial charge is 0.496 e. The van der Waals surface area contributed by atoms with Gasteiger partial charge in [-0.2, -0.15) is 13.2 Å². The van der Waals surface area contributed by atoms with Crippen LogP contribution in [0, 0.1) is 0 Å². The minimum atomic E-state index is -4.87. The molecule has 0 aliphatic heterocycles. The first-order valence-corrected chi connectivity index (χ1v) is 5.78. The van der Waals surface area contributed by atoms with Gasteiger partial charge in [0.2, 0.25) is 0 Å². The minimum Gasteiger partial charge on any atom is -0.496 e. The molecular weight excluding hydrogens is 340 g/mol. The van der Waals surface area contributed by atoms with Crippen LogP contribution in [0.2, 0.25) is 0 Å². The van der Waals surface area contributed by atoms with Crippen molar-refractivity contribution in [3.05, 3.63) is 23.8 Å². The molecule has 1 aromatic rings. The molecule has 0 saturated carbocycles. The van der Waals surface area contributed by atoms with E-state index in [9.17, 15) is 26.3 Å². The summed E-state index contributed by atoms with van der Waals surface area (Å²) in [5, 5.41) is 0. The van der Waals surface area contributed by atoms with Crippen molar-refractivity contribution in [2.24, 2.45) is 5.73 Å². The summed E-state index contributed by atoms with van der Waals surface area (Å²) in [5.74, 6) is -0.599. The van der Waals surface area contributed by atoms with E-state index in [0.29, 0.717) is 0 Å². The molecule has 0 aromatic heterocycles. The second kappa shape index (κ2) is 7.77. The molecule has 0 radical (unpaired) electrons. The minimum absolute atomic E-state index is 0. The molecule has 0 bridgehead atoms. The van der Waals surface area contributed by atoms with Crippen LogP contribution < -0.4 is 15.2 Å². The highest BCUT2D eigenvalue weighted by molar-refractivity contribution is 5.85. The third-order valence-corrected chi connectivity index (χ3v) is 2.58. The number of rotatable bonds is 5. The molecule has 0 amide bonds. The lowest BCUT2D eigenvalue weighted by molar-refractivity contribution is -0.274. The molecule has 3 nitrogen and oxygen atoms in total. The van der Waals surface area contributed by atoms with Crippen LogP contribution in [0.15, 0.2) is 18.2 Å². The maximum Gasteiger partial charge on any atom is 0.573 e. The van der Waals surface area contributed by atoms with E-state index in [1.807, 2.05) is 0 Å². The summed E-state index contributed by atoms with van der Waals surface area (Å²) in [4.78, 5) is 0. The van der Waals surface area contributed by atoms with Gasteiger partial charge >= 0.3 is 12.5 Å². The highest BCUT2D eigenvalue weighted by Crippen LogP contribution is 2.34. The van der Waals surface area contributed by atoms with Gasteiger partial charge in [0.25, 0.3) is 0 Å². The van der Waals surface area contributed by atoms with Gasteiger partial charge in [-0.15, -0.1) is 25.6 Å². The van der Waals surface area contributed by atoms with E-state index >= 15 is 0 Å². The quantitative estimate of drug-likeness (QED) is 0.800. The number of hydrogen-bond donors (Lipinski definition) is 1. The Balaban J connectivity index is 0.00000441. The zero-order valence-corrected chi connectivity index (χ0v) is 12.1. The molecule has 0 fully saturated rings. The van der Waals surface area contributed by atoms with Crippen molar-refractivity contribution < 1.29 is 35.8 Å². The summed E-state index contributed by atoms with van der Waals surface area (Å²) in [7, 11) is 1.17. The molecule has 0 saturated heterocycles. The molecule has 0 heterocycles. The first-order chi connectivity index (χ1) is 9.52. The molecule has 0 unspecified atom stereocenters. The lowest BCUT2D eigenvalue weighted by atomic mass is 10.0. The molecule has 128 valence electrons. The summed E-state index contributed by atoms with van der Waals surface area (Å²) in [6, 6.07) is 2.04. The van der Waals surface area contributed by atoms with Gasteiger partial charge < -0.3 is 15.2 Å². The molecule has 22 heavy (non-hydrogen) atoms. The number of methoxy groups -OCH3 is 1. The average Bonchev–Trinajstić information content (AvgIpc) is 2.33. The Morgan fingerprint density at radius 3 is 2.18 bits per heavy atom. The predicted molar refractivity (Wildman–Crippen MR) is 69.1 cm³/mol. The third kappa shape index (κ3) is 7.08. The number of halogens is 7. The van der Waals surface area contributed by atoms with Gasteiger partial charge in [-0.3, -0.25) is 0 Å². The van der Waals surface area contributed by atoms with Gasteiger partial charge in [0, 0.05) is 24.1 Å². The maximum atomic E-state index is 12.1. The molecule has 1 rings (SSSR count). The molecule has 0 spiro atoms. The van der Waals surface area contributed by atoms with Gasteiger partial charge in [0.15, 0.2) is 0 Å². The maximum absolute atomic E-state index is 12.1. The Morgan fingerprint density at radius 2 is 1.73 bits per heavy atom. The van der Waals surface area contributed by atoms with Crippen molar-refractivity contribution >= 4 is 12.4 Å². The lowest BCUT2D eigenvalue weighted by Gasteiger charge is -2.18. The van der Waals surface area contributed by atoms with Crippen LogP contribution >= 0.6 is 12.4 Å². The van der Waals surface area contributed by atoms with Crippen LogP contribution in [0.3, 0.4) is 0 Å². The Bertz CT molecular complexity index is 478. The van der Waals surface area contributed by atoms with E-state index in [0.717, 1.165) is 18.2 Å². The van der Waals surface area contributed by atoms with Gasteiger partial charge in [0.05, 0.1) is 7.11 Å². The van der Waals surface area contributed by atoms with E-state index in [1.54, 1.807) is 0 Å². The summed E-state index contributed by atoms with van der Waals surface area (Å²) in [6.45, 7) is 0. The topological polar surface area (TPSA) is 44.5 Å². The fraction of sp³-hybridized carbons (Fsp3) is 0.500. The second-order valence-electron chi connectivity index (χ2n) is 4.21. The Morgan fingerprint density at radius 1 is 1.14 bits per heavy atom. The molecule has 2 N–H and O–H groups in total. The SMILES string of the molecule is COc1cc(OC(F)(F)F)ccc1[C@H](N)CCC(F)(F)F.Cl. The number of hydrogen-bond acceptors (Lipinski definition) is 3. The Labute approximate surface area is 128 Å². The summed E-state index contributed by atoms with van der Waals surface area (Å²) >= 11 is 0. The summed E-state index contributed by atoms with van der Waals surface area (Å²) in [5.41, 5.74) is 5.79. The first-order valence-electron chi connectivity index (χ1n) is 5.78. The number of ether oxygens (including phenoxy) is 2. The van der Waals surface area contributed by atoms with Gasteiger partial charge in [-0.25, -0.2) is 0 Å². The van der Waals surface area contributed by atoms with Crippen molar-refractivity contribution in [3.8, 4) is 11.5 Å². The fourth-order valence-corrected chi connectivity index (χ4v) is 1.67. The van der Waals surface area contributed by atoms with E-state index in [-0.39, 0.29) is 23.7 Å². The largest absolute Gasteiger partial charge is 0.573 e. The van der Waals surface area contributed by atoms with Crippen molar-refractivity contribution in [1.82, 2.24) is 0 Å². The van der Waals surface area contributed by atoms with E-state index < -0.39 is 37.2 Å². The van der Waals surface area contributed by atoms with Crippen LogP contribution in [0.5, 0.6) is 11.5 Å². The molecule has 10 heteroatoms. The molecular formula is C12H14ClF6NO2. The van der Waals surface area contributed by atoms with Crippen molar-refractivity contribution in [2.75, 3.05) is 7.11 Å². The van der Waals surface area contributed by atoms with Crippen molar-refractivity contribution in [2.45, 2.75) is 31.4 Å². The van der Waals surface area contributed by atoms with Gasteiger partial charge in [-0.05, 0) is 12.5 Å². The highest BCUT2D eigenvalue weighted by Gasteiger charge is 2.32. The number of alkyl halides is 6. The molecule has 1 atom stereocenters. The molecule has 0 aliphatic carbocycles. The van der Waals surface area contributed by atoms with Crippen molar-refractivity contribution in [3.63, 3.8) is 0 Å². The molecule has 0 aliphatic rings. The summed E-state index contributed by atoms with van der Waals surface area (Å²) in [6.07, 6.45) is -10.7. The standard InChI is InChI=1S/C12H13F6NO2.ClH/c1-20-10-6-7(21-12(16,17)18)2-3-8(10)9(19)4-5-11(13,14)15;/h2-3,6,9H,4-5,19H2,1H3;1H/t9-;/m1./s1. The van der Waals surface area contributed by atoms with Crippen LogP contribution in [0.25, 0.3) is 0 Å². The average molecular weight is 354 g/mol. The lowest BCUT2D eigenvalue weighted by Crippen LogP contribution is -2.18. The van der Waals surface area contributed by atoms with Gasteiger partial charge in [-0.1, -0.05) is 6.07 Å². The normalized spacial score (nSPS) is 13.3. The monoisotopic (exact) mass is 353 g/mol. The summed E-state index contributed by atoms with van der Waals surface area (Å²) < 4.78 is 81.2. The van der Waals surface area contributed by atoms with E-state index in [2.05, 4.69) is 4.74 Å². The van der Waals surface area contributed by atoms with Crippen molar-refractivity contribution in [1.29, 1.82) is 0 Å². The first kappa shape index (κ1) is 20.6. The van der Waals surface area contributed by atoms with Gasteiger partial charge in [0.1, 0.15) is 11.5 Å². The zero-order valence-electron chi connectivity index (χ0n) is 11.3. The predicted octanol–water partition coefficient (Wildman–Crippen LogP) is 4.36. The second-order valence-corrected chi connectivity index (χ2v) is 4.21. The fourth-order valence-electron chi connectivity index (χ4n) is 1.67. The zero-order chi connectivity index (χ0) is 16.3. The molecule has 1 aromatic carbocycles. The van der Waals surface area contributed by atoms with Crippen LogP contribution in [0.1, 0.15) is 24.4 Å². The van der Waals surface area contributed by atoms with E-state index in [1.165, 1.54) is 7.11 Å². The van der Waals surface area contributed by atoms with Crippen LogP contribution in [-0.2, 0) is 0 Å². The van der Waals surface area contributed by atoms with Crippen LogP contribution in [0.4, 0.5) is 26.3 Å². The Kier molecular flexibility index (Phi) is 7.30. The third-order valence-electron chi connectivity index (χ3n) is 2.58. The number of nitrogens with two attached hydrogens (primary N) is 1.